The van der Waals surface area contributed by atoms with Crippen LogP contribution < -0.4 is 0 Å². The molecule has 1 fully saturated rings. The summed E-state index contributed by atoms with van der Waals surface area (Å²) in [6, 6.07) is 0. The van der Waals surface area contributed by atoms with Gasteiger partial charge in [-0.05, 0) is 0 Å². The van der Waals surface area contributed by atoms with Gasteiger partial charge in [0.15, 0.2) is 0 Å². The fourth-order valence-corrected chi connectivity index (χ4v) is 1.79. The Labute approximate surface area is 108 Å². The zero-order valence-electron chi connectivity index (χ0n) is 11.4. The summed E-state index contributed by atoms with van der Waals surface area (Å²) < 4.78 is 4.96. The van der Waals surface area contributed by atoms with Gasteiger partial charge in [0.05, 0.1) is 0 Å². The summed E-state index contributed by atoms with van der Waals surface area (Å²) in [6.07, 6.45) is 1.20. The Bertz CT molecular complexity index is 326. The van der Waals surface area contributed by atoms with Gasteiger partial charge in [0.25, 0.3) is 0 Å². The van der Waals surface area contributed by atoms with E-state index in [4.69, 9.17) is 4.74 Å². The van der Waals surface area contributed by atoms with Crippen molar-refractivity contribution in [1.29, 1.82) is 0 Å². The van der Waals surface area contributed by atoms with E-state index in [1.165, 1.54) is 6.08 Å². The molecular weight excluding hydrogens is 232 g/mol. The summed E-state index contributed by atoms with van der Waals surface area (Å²) in [5.41, 5.74) is -0.370. The van der Waals surface area contributed by atoms with E-state index in [1.54, 1.807) is 9.80 Å². The van der Waals surface area contributed by atoms with Crippen LogP contribution in [-0.2, 0) is 9.53 Å². The van der Waals surface area contributed by atoms with Gasteiger partial charge < -0.3 is 14.5 Å². The number of hydrogen-bond acceptors (Lipinski definition) is 3. The smallest absolute Gasteiger partial charge is 0.410 e. The zero-order valence-corrected chi connectivity index (χ0v) is 11.4. The van der Waals surface area contributed by atoms with Crippen molar-refractivity contribution in [3.05, 3.63) is 12.7 Å². The lowest BCUT2D eigenvalue weighted by Crippen LogP contribution is -2.53. The lowest BCUT2D eigenvalue weighted by molar-refractivity contribution is -0.141. The number of carbonyl (C=O) groups excluding carboxylic acids is 2. The topological polar surface area (TPSA) is 49.9 Å². The first-order valence-corrected chi connectivity index (χ1v) is 6.18. The van der Waals surface area contributed by atoms with Crippen molar-refractivity contribution in [2.24, 2.45) is 5.41 Å². The van der Waals surface area contributed by atoms with Gasteiger partial charge in [-0.25, -0.2) is 4.79 Å². The van der Waals surface area contributed by atoms with Gasteiger partial charge in [0, 0.05) is 31.6 Å². The molecule has 0 spiro atoms. The van der Waals surface area contributed by atoms with Crippen LogP contribution in [0.15, 0.2) is 12.7 Å². The van der Waals surface area contributed by atoms with Crippen LogP contribution in [0, 0.1) is 5.41 Å². The summed E-state index contributed by atoms with van der Waals surface area (Å²) in [7, 11) is 0. The van der Waals surface area contributed by atoms with E-state index in [-0.39, 0.29) is 24.0 Å². The molecule has 1 heterocycles. The number of carbonyl (C=O) groups is 2. The number of hydrogen-bond donors (Lipinski definition) is 0. The van der Waals surface area contributed by atoms with Crippen molar-refractivity contribution in [2.75, 3.05) is 32.8 Å². The maximum absolute atomic E-state index is 12.0. The highest BCUT2D eigenvalue weighted by Gasteiger charge is 2.31. The molecule has 2 amide bonds. The Hall–Kier alpha value is -1.52. The first-order valence-electron chi connectivity index (χ1n) is 6.18. The minimum absolute atomic E-state index is 0.126. The van der Waals surface area contributed by atoms with Crippen LogP contribution >= 0.6 is 0 Å². The van der Waals surface area contributed by atoms with E-state index in [9.17, 15) is 9.59 Å². The standard InChI is InChI=1S/C13H22N2O3/c1-5-10-18-12(17)15-8-6-14(7-9-15)11(16)13(2,3)4/h5H,1,6-10H2,2-4H3. The van der Waals surface area contributed by atoms with Crippen molar-refractivity contribution in [3.63, 3.8) is 0 Å². The third-order valence-corrected chi connectivity index (χ3v) is 2.79. The highest BCUT2D eigenvalue weighted by Crippen LogP contribution is 2.18. The Morgan fingerprint density at radius 1 is 1.17 bits per heavy atom. The second-order valence-electron chi connectivity index (χ2n) is 5.39. The first-order chi connectivity index (χ1) is 8.36. The molecule has 0 aliphatic carbocycles. The van der Waals surface area contributed by atoms with Gasteiger partial charge >= 0.3 is 6.09 Å². The minimum Gasteiger partial charge on any atom is -0.445 e. The summed E-state index contributed by atoms with van der Waals surface area (Å²) in [5, 5.41) is 0. The van der Waals surface area contributed by atoms with Crippen molar-refractivity contribution in [1.82, 2.24) is 9.80 Å². The predicted octanol–water partition coefficient (Wildman–Crippen LogP) is 1.50. The molecular formula is C13H22N2O3. The van der Waals surface area contributed by atoms with Gasteiger partial charge in [0.1, 0.15) is 6.61 Å². The van der Waals surface area contributed by atoms with E-state index in [2.05, 4.69) is 6.58 Å². The first kappa shape index (κ1) is 14.5. The number of nitrogens with zero attached hydrogens (tertiary/aromatic N) is 2. The Morgan fingerprint density at radius 3 is 2.11 bits per heavy atom. The molecule has 5 heteroatoms. The lowest BCUT2D eigenvalue weighted by atomic mass is 9.94. The predicted molar refractivity (Wildman–Crippen MR) is 69.2 cm³/mol. The van der Waals surface area contributed by atoms with Gasteiger partial charge in [-0.15, -0.1) is 0 Å². The molecule has 1 saturated heterocycles. The molecule has 18 heavy (non-hydrogen) atoms. The second kappa shape index (κ2) is 5.89. The molecule has 0 saturated carbocycles. The van der Waals surface area contributed by atoms with Crippen LogP contribution in [0.3, 0.4) is 0 Å². The molecule has 0 aromatic rings. The van der Waals surface area contributed by atoms with Crippen LogP contribution in [0.4, 0.5) is 4.79 Å². The Balaban J connectivity index is 2.44. The van der Waals surface area contributed by atoms with Crippen LogP contribution in [0.5, 0.6) is 0 Å². The number of rotatable bonds is 2. The average molecular weight is 254 g/mol. The van der Waals surface area contributed by atoms with Crippen LogP contribution in [0.1, 0.15) is 20.8 Å². The van der Waals surface area contributed by atoms with E-state index in [0.29, 0.717) is 26.2 Å². The largest absolute Gasteiger partial charge is 0.445 e. The lowest BCUT2D eigenvalue weighted by Gasteiger charge is -2.37. The van der Waals surface area contributed by atoms with Crippen LogP contribution in [0.25, 0.3) is 0 Å². The normalized spacial score (nSPS) is 16.4. The third-order valence-electron chi connectivity index (χ3n) is 2.79. The highest BCUT2D eigenvalue weighted by molar-refractivity contribution is 5.81. The summed E-state index contributed by atoms with van der Waals surface area (Å²) in [5.74, 6) is 0.126. The second-order valence-corrected chi connectivity index (χ2v) is 5.39. The van der Waals surface area contributed by atoms with Crippen molar-refractivity contribution in [2.45, 2.75) is 20.8 Å². The van der Waals surface area contributed by atoms with E-state index >= 15 is 0 Å². The van der Waals surface area contributed by atoms with E-state index < -0.39 is 0 Å². The average Bonchev–Trinajstić information content (AvgIpc) is 2.34. The zero-order chi connectivity index (χ0) is 13.8. The van der Waals surface area contributed by atoms with E-state index in [1.807, 2.05) is 20.8 Å². The number of amides is 2. The maximum atomic E-state index is 12.0. The molecule has 102 valence electrons. The molecule has 1 aliphatic rings. The highest BCUT2D eigenvalue weighted by atomic mass is 16.6. The van der Waals surface area contributed by atoms with Crippen molar-refractivity contribution < 1.29 is 14.3 Å². The maximum Gasteiger partial charge on any atom is 0.410 e. The van der Waals surface area contributed by atoms with Gasteiger partial charge in [-0.1, -0.05) is 33.4 Å². The fourth-order valence-electron chi connectivity index (χ4n) is 1.79. The number of piperazine rings is 1. The van der Waals surface area contributed by atoms with Gasteiger partial charge in [0.2, 0.25) is 5.91 Å². The molecule has 0 N–H and O–H groups in total. The third kappa shape index (κ3) is 3.75. The summed E-state index contributed by atoms with van der Waals surface area (Å²) >= 11 is 0. The molecule has 1 aliphatic heterocycles. The minimum atomic E-state index is -0.370. The van der Waals surface area contributed by atoms with Crippen molar-refractivity contribution in [3.8, 4) is 0 Å². The molecule has 0 bridgehead atoms. The quantitative estimate of drug-likeness (QED) is 0.702. The molecule has 0 radical (unpaired) electrons. The fraction of sp³-hybridized carbons (Fsp3) is 0.692. The van der Waals surface area contributed by atoms with Crippen LogP contribution in [0.2, 0.25) is 0 Å². The molecule has 0 unspecified atom stereocenters. The monoisotopic (exact) mass is 254 g/mol. The molecule has 0 aromatic carbocycles. The summed E-state index contributed by atoms with van der Waals surface area (Å²) in [4.78, 5) is 27.1. The molecule has 0 atom stereocenters. The Morgan fingerprint density at radius 2 is 1.67 bits per heavy atom. The molecule has 1 rings (SSSR count). The van der Waals surface area contributed by atoms with Gasteiger partial charge in [-0.2, -0.15) is 0 Å². The molecule has 0 aromatic heterocycles. The SMILES string of the molecule is C=CCOC(=O)N1CCN(C(=O)C(C)(C)C)CC1. The van der Waals surface area contributed by atoms with Gasteiger partial charge in [-0.3, -0.25) is 4.79 Å². The van der Waals surface area contributed by atoms with Crippen molar-refractivity contribution >= 4 is 12.0 Å². The van der Waals surface area contributed by atoms with Crippen LogP contribution in [-0.4, -0.2) is 54.6 Å². The molecule has 5 nitrogen and oxygen atoms in total. The number of ether oxygens (including phenoxy) is 1. The summed E-state index contributed by atoms with van der Waals surface area (Å²) in [6.45, 7) is 11.6. The Kier molecular flexibility index (Phi) is 4.76. The van der Waals surface area contributed by atoms with E-state index in [0.717, 1.165) is 0 Å².